The van der Waals surface area contributed by atoms with Gasteiger partial charge in [-0.2, -0.15) is 4.98 Å². The van der Waals surface area contributed by atoms with Crippen LogP contribution in [-0.2, 0) is 20.6 Å². The molecule has 1 aromatic heterocycles. The maximum Gasteiger partial charge on any atom is 0.351 e. The molecule has 3 aromatic rings. The molecule has 0 radical (unpaired) electrons. The summed E-state index contributed by atoms with van der Waals surface area (Å²) in [4.78, 5) is 42.6. The average molecular weight is 478 g/mol. The molecule has 1 fully saturated rings. The Bertz CT molecular complexity index is 1240. The highest BCUT2D eigenvalue weighted by molar-refractivity contribution is 5.90. The molecule has 1 unspecified atom stereocenters. The molecule has 1 aliphatic heterocycles. The van der Waals surface area contributed by atoms with Crippen molar-refractivity contribution in [1.29, 1.82) is 0 Å². The largest absolute Gasteiger partial charge is 0.452 e. The maximum absolute atomic E-state index is 13.0. The van der Waals surface area contributed by atoms with Crippen LogP contribution in [0.3, 0.4) is 0 Å². The number of nitrogens with two attached hydrogens (primary N) is 1. The first-order valence-electron chi connectivity index (χ1n) is 11.5. The average Bonchev–Trinajstić information content (AvgIpc) is 3.21. The summed E-state index contributed by atoms with van der Waals surface area (Å²) in [5.41, 5.74) is 6.52. The monoisotopic (exact) mass is 477 g/mol. The van der Waals surface area contributed by atoms with E-state index >= 15 is 0 Å². The standard InChI is InChI=1S/C26H27N3O6/c1-3-16-15-29(26(32)28-22(16)27)23-21(35-25(31)18-13-9-6-10-14-18)20(19(4-2)33-23)34-24(30)17-11-7-5-8-12-17/h5-15,19-21,23H,3-4H2,1-2H3,(H2,27,28,32)/t19-,20+,21?,23-/m1/s1. The molecule has 0 saturated carbocycles. The summed E-state index contributed by atoms with van der Waals surface area (Å²) in [6.45, 7) is 3.73. The lowest BCUT2D eigenvalue weighted by atomic mass is 10.1. The number of ether oxygens (including phenoxy) is 3. The number of nitrogens with zero attached hydrogens (tertiary/aromatic N) is 2. The van der Waals surface area contributed by atoms with Crippen LogP contribution in [0.5, 0.6) is 0 Å². The number of benzene rings is 2. The second kappa shape index (κ2) is 10.5. The number of hydrogen-bond donors (Lipinski definition) is 1. The molecule has 2 N–H and O–H groups in total. The number of hydrogen-bond acceptors (Lipinski definition) is 8. The van der Waals surface area contributed by atoms with E-state index in [1.165, 1.54) is 4.57 Å². The zero-order valence-electron chi connectivity index (χ0n) is 19.5. The first-order valence-corrected chi connectivity index (χ1v) is 11.5. The van der Waals surface area contributed by atoms with Crippen LogP contribution in [0.15, 0.2) is 71.7 Å². The number of carbonyl (C=O) groups is 2. The van der Waals surface area contributed by atoms with E-state index in [1.807, 2.05) is 13.8 Å². The van der Waals surface area contributed by atoms with Gasteiger partial charge in [0.1, 0.15) is 11.9 Å². The van der Waals surface area contributed by atoms with Crippen molar-refractivity contribution in [3.8, 4) is 0 Å². The predicted octanol–water partition coefficient (Wildman–Crippen LogP) is 3.15. The minimum Gasteiger partial charge on any atom is -0.452 e. The number of aromatic nitrogens is 2. The second-order valence-corrected chi connectivity index (χ2v) is 8.14. The van der Waals surface area contributed by atoms with Crippen LogP contribution in [-0.4, -0.2) is 39.8 Å². The second-order valence-electron chi connectivity index (χ2n) is 8.14. The van der Waals surface area contributed by atoms with Gasteiger partial charge in [-0.1, -0.05) is 50.2 Å². The Morgan fingerprint density at radius 2 is 1.49 bits per heavy atom. The van der Waals surface area contributed by atoms with Crippen molar-refractivity contribution in [1.82, 2.24) is 9.55 Å². The van der Waals surface area contributed by atoms with Crippen LogP contribution < -0.4 is 11.4 Å². The Kier molecular flexibility index (Phi) is 7.26. The van der Waals surface area contributed by atoms with Crippen molar-refractivity contribution >= 4 is 17.8 Å². The zero-order chi connectivity index (χ0) is 24.9. The van der Waals surface area contributed by atoms with Crippen LogP contribution >= 0.6 is 0 Å². The SMILES string of the molecule is CCc1cn([C@@H]2O[C@H](CC)[C@H](OC(=O)c3ccccc3)C2OC(=O)c2ccccc2)c(=O)nc1N. The first kappa shape index (κ1) is 24.2. The Morgan fingerprint density at radius 1 is 0.943 bits per heavy atom. The number of aryl methyl sites for hydroxylation is 1. The summed E-state index contributed by atoms with van der Waals surface area (Å²) >= 11 is 0. The van der Waals surface area contributed by atoms with Gasteiger partial charge in [-0.3, -0.25) is 4.57 Å². The predicted molar refractivity (Wildman–Crippen MR) is 128 cm³/mol. The lowest BCUT2D eigenvalue weighted by Gasteiger charge is -2.25. The van der Waals surface area contributed by atoms with Crippen molar-refractivity contribution in [2.45, 2.75) is 51.2 Å². The quantitative estimate of drug-likeness (QED) is 0.515. The topological polar surface area (TPSA) is 123 Å². The number of esters is 2. The Hall–Kier alpha value is -3.98. The van der Waals surface area contributed by atoms with Crippen LogP contribution in [0.25, 0.3) is 0 Å². The summed E-state index contributed by atoms with van der Waals surface area (Å²) in [6, 6.07) is 16.9. The van der Waals surface area contributed by atoms with Gasteiger partial charge in [-0.05, 0) is 37.1 Å². The smallest absolute Gasteiger partial charge is 0.351 e. The van der Waals surface area contributed by atoms with Crippen LogP contribution in [0, 0.1) is 0 Å². The van der Waals surface area contributed by atoms with Gasteiger partial charge in [-0.25, -0.2) is 14.4 Å². The molecule has 0 bridgehead atoms. The van der Waals surface area contributed by atoms with E-state index < -0.39 is 42.2 Å². The van der Waals surface area contributed by atoms with Gasteiger partial charge in [0.05, 0.1) is 11.1 Å². The molecule has 4 atom stereocenters. The summed E-state index contributed by atoms with van der Waals surface area (Å²) in [7, 11) is 0. The normalized spacial score (nSPS) is 21.4. The highest BCUT2D eigenvalue weighted by Gasteiger charge is 2.50. The molecule has 182 valence electrons. The van der Waals surface area contributed by atoms with Gasteiger partial charge in [0.25, 0.3) is 0 Å². The summed E-state index contributed by atoms with van der Waals surface area (Å²) in [5, 5.41) is 0. The fraction of sp³-hybridized carbons (Fsp3) is 0.308. The molecule has 1 saturated heterocycles. The van der Waals surface area contributed by atoms with E-state index in [1.54, 1.807) is 66.9 Å². The van der Waals surface area contributed by atoms with E-state index in [-0.39, 0.29) is 5.82 Å². The number of anilines is 1. The number of nitrogen functional groups attached to an aromatic ring is 1. The number of carbonyl (C=O) groups excluding carboxylic acids is 2. The molecule has 9 heteroatoms. The third-order valence-electron chi connectivity index (χ3n) is 5.91. The fourth-order valence-electron chi connectivity index (χ4n) is 4.04. The van der Waals surface area contributed by atoms with Gasteiger partial charge in [-0.15, -0.1) is 0 Å². The lowest BCUT2D eigenvalue weighted by Crippen LogP contribution is -2.41. The number of rotatable bonds is 7. The first-order chi connectivity index (χ1) is 16.9. The molecule has 1 aliphatic rings. The van der Waals surface area contributed by atoms with Gasteiger partial charge in [0.2, 0.25) is 0 Å². The summed E-state index contributed by atoms with van der Waals surface area (Å²) in [6.07, 6.45) is -1.23. The summed E-state index contributed by atoms with van der Waals surface area (Å²) < 4.78 is 19.1. The maximum atomic E-state index is 13.0. The minimum absolute atomic E-state index is 0.128. The highest BCUT2D eigenvalue weighted by atomic mass is 16.6. The third kappa shape index (κ3) is 5.09. The van der Waals surface area contributed by atoms with Crippen LogP contribution in [0.1, 0.15) is 52.8 Å². The van der Waals surface area contributed by atoms with E-state index in [2.05, 4.69) is 4.98 Å². The van der Waals surface area contributed by atoms with Gasteiger partial charge < -0.3 is 19.9 Å². The van der Waals surface area contributed by atoms with E-state index in [4.69, 9.17) is 19.9 Å². The van der Waals surface area contributed by atoms with Crippen molar-refractivity contribution in [3.63, 3.8) is 0 Å². The van der Waals surface area contributed by atoms with E-state index in [0.717, 1.165) is 0 Å². The van der Waals surface area contributed by atoms with E-state index in [9.17, 15) is 14.4 Å². The molecule has 0 aliphatic carbocycles. The molecule has 0 spiro atoms. The van der Waals surface area contributed by atoms with Gasteiger partial charge in [0.15, 0.2) is 18.4 Å². The van der Waals surface area contributed by atoms with E-state index in [0.29, 0.717) is 29.5 Å². The zero-order valence-corrected chi connectivity index (χ0v) is 19.5. The molecule has 9 nitrogen and oxygen atoms in total. The van der Waals surface area contributed by atoms with Crippen LogP contribution in [0.2, 0.25) is 0 Å². The molecular formula is C26H27N3O6. The third-order valence-corrected chi connectivity index (χ3v) is 5.91. The van der Waals surface area contributed by atoms with Crippen molar-refractivity contribution in [2.24, 2.45) is 0 Å². The fourth-order valence-corrected chi connectivity index (χ4v) is 4.04. The van der Waals surface area contributed by atoms with Crippen molar-refractivity contribution < 1.29 is 23.8 Å². The molecule has 2 heterocycles. The molecule has 4 rings (SSSR count). The Labute approximate surface area is 202 Å². The van der Waals surface area contributed by atoms with Crippen molar-refractivity contribution in [3.05, 3.63) is 94.0 Å². The van der Waals surface area contributed by atoms with Crippen molar-refractivity contribution in [2.75, 3.05) is 5.73 Å². The summed E-state index contributed by atoms with van der Waals surface area (Å²) in [5.74, 6) is -1.09. The molecule has 2 aromatic carbocycles. The lowest BCUT2D eigenvalue weighted by molar-refractivity contribution is -0.0526. The highest BCUT2D eigenvalue weighted by Crippen LogP contribution is 2.36. The Balaban J connectivity index is 1.73. The molecule has 35 heavy (non-hydrogen) atoms. The molecular weight excluding hydrogens is 450 g/mol. The van der Waals surface area contributed by atoms with Gasteiger partial charge >= 0.3 is 17.6 Å². The minimum atomic E-state index is -1.10. The van der Waals surface area contributed by atoms with Crippen LogP contribution in [0.4, 0.5) is 5.82 Å². The molecule has 0 amide bonds. The van der Waals surface area contributed by atoms with Gasteiger partial charge in [0, 0.05) is 11.8 Å². The Morgan fingerprint density at radius 3 is 2.00 bits per heavy atom.